The van der Waals surface area contributed by atoms with Gasteiger partial charge in [0.25, 0.3) is 0 Å². The van der Waals surface area contributed by atoms with Crippen LogP contribution in [-0.2, 0) is 14.3 Å². The highest BCUT2D eigenvalue weighted by Crippen LogP contribution is 2.51. The molecule has 0 amide bonds. The summed E-state index contributed by atoms with van der Waals surface area (Å²) in [5.41, 5.74) is 0.949. The molecule has 3 aliphatic carbocycles. The van der Waals surface area contributed by atoms with Gasteiger partial charge in [-0.25, -0.2) is 0 Å². The molecule has 144 valence electrons. The number of Topliss-reactive ketones (excluding diaryl/α,β-unsaturated/α-hetero) is 1. The highest BCUT2D eigenvalue weighted by Gasteiger charge is 2.58. The molecule has 0 aromatic rings. The van der Waals surface area contributed by atoms with Crippen LogP contribution in [0.1, 0.15) is 51.9 Å². The first-order chi connectivity index (χ1) is 12.5. The number of aliphatic hydroxyl groups excluding tert-OH is 1. The summed E-state index contributed by atoms with van der Waals surface area (Å²) in [6.07, 6.45) is 6.06. The molecule has 4 fully saturated rings. The van der Waals surface area contributed by atoms with Crippen LogP contribution >= 0.6 is 0 Å². The molecule has 2 N–H and O–H groups in total. The Morgan fingerprint density at radius 2 is 1.88 bits per heavy atom. The van der Waals surface area contributed by atoms with Crippen molar-refractivity contribution in [2.75, 3.05) is 6.54 Å². The maximum atomic E-state index is 12.6. The number of carbonyl (C=O) groups is 2. The van der Waals surface area contributed by atoms with E-state index >= 15 is 0 Å². The molecule has 0 aromatic heterocycles. The molecule has 1 aliphatic heterocycles. The molecule has 5 nitrogen and oxygen atoms in total. The molecule has 26 heavy (non-hydrogen) atoms. The monoisotopic (exact) mass is 361 g/mol. The van der Waals surface area contributed by atoms with E-state index in [1.165, 1.54) is 19.3 Å². The van der Waals surface area contributed by atoms with Crippen molar-refractivity contribution >= 4 is 11.8 Å². The van der Waals surface area contributed by atoms with Crippen LogP contribution in [0.2, 0.25) is 0 Å². The lowest BCUT2D eigenvalue weighted by atomic mass is 9.77. The fourth-order valence-corrected chi connectivity index (χ4v) is 5.92. The van der Waals surface area contributed by atoms with Crippen LogP contribution in [0.15, 0.2) is 12.2 Å². The van der Waals surface area contributed by atoms with Crippen molar-refractivity contribution in [1.82, 2.24) is 5.32 Å². The predicted octanol–water partition coefficient (Wildman–Crippen LogP) is 2.23. The highest BCUT2D eigenvalue weighted by atomic mass is 16.6. The minimum atomic E-state index is -0.620. The number of hydrogen-bond acceptors (Lipinski definition) is 5. The minimum Gasteiger partial charge on any atom is -0.461 e. The quantitative estimate of drug-likeness (QED) is 0.595. The molecule has 1 saturated heterocycles. The van der Waals surface area contributed by atoms with Gasteiger partial charge in [0.1, 0.15) is 11.9 Å². The minimum absolute atomic E-state index is 0.0271. The van der Waals surface area contributed by atoms with Gasteiger partial charge in [-0.3, -0.25) is 9.59 Å². The van der Waals surface area contributed by atoms with Crippen LogP contribution in [0, 0.1) is 29.6 Å². The lowest BCUT2D eigenvalue weighted by molar-refractivity contribution is -0.147. The Hall–Kier alpha value is -1.20. The number of carbonyl (C=O) groups excluding carboxylic acids is 2. The largest absolute Gasteiger partial charge is 0.461 e. The Kier molecular flexibility index (Phi) is 4.95. The molecule has 7 atom stereocenters. The number of aliphatic hydroxyl groups is 1. The molecule has 3 unspecified atom stereocenters. The number of nitrogens with one attached hydrogen (secondary N) is 1. The molecule has 0 radical (unpaired) electrons. The van der Waals surface area contributed by atoms with Crippen molar-refractivity contribution in [3.8, 4) is 0 Å². The fraction of sp³-hybridized carbons (Fsp3) is 0.810. The van der Waals surface area contributed by atoms with Crippen molar-refractivity contribution in [1.29, 1.82) is 0 Å². The summed E-state index contributed by atoms with van der Waals surface area (Å²) in [4.78, 5) is 25.0. The summed E-state index contributed by atoms with van der Waals surface area (Å²) in [5.74, 6) is -0.658. The molecule has 1 heterocycles. The standard InChI is InChI=1S/C21H31NO4/c1-11-8-17(24)19-15(10-22-13-6-4-3-5-7-13)21(25)26-20(19)18-12(2)16(23)9-14(11)18/h12-15,17-20,22,24H,1,3-10H2,2H3/t12-,14+,15?,17?,18+,19?,20-/m1/s1. The maximum Gasteiger partial charge on any atom is 0.311 e. The number of ketones is 1. The zero-order valence-corrected chi connectivity index (χ0v) is 15.7. The van der Waals surface area contributed by atoms with Crippen LogP contribution in [0.25, 0.3) is 0 Å². The van der Waals surface area contributed by atoms with E-state index in [0.717, 1.165) is 18.4 Å². The third kappa shape index (κ3) is 3.03. The number of esters is 1. The normalized spacial score (nSPS) is 43.8. The number of fused-ring (bicyclic) bond motifs is 3. The smallest absolute Gasteiger partial charge is 0.311 e. The molecule has 5 heteroatoms. The fourth-order valence-electron chi connectivity index (χ4n) is 5.92. The molecular weight excluding hydrogens is 330 g/mol. The van der Waals surface area contributed by atoms with Gasteiger partial charge in [-0.1, -0.05) is 38.3 Å². The van der Waals surface area contributed by atoms with E-state index in [-0.39, 0.29) is 47.4 Å². The second-order valence-corrected chi connectivity index (χ2v) is 8.90. The first kappa shape index (κ1) is 18.2. The van der Waals surface area contributed by atoms with Gasteiger partial charge in [-0.05, 0) is 25.2 Å². The summed E-state index contributed by atoms with van der Waals surface area (Å²) in [5, 5.41) is 14.4. The molecule has 3 saturated carbocycles. The van der Waals surface area contributed by atoms with Gasteiger partial charge in [-0.15, -0.1) is 0 Å². The van der Waals surface area contributed by atoms with Crippen LogP contribution < -0.4 is 5.32 Å². The Balaban J connectivity index is 1.54. The van der Waals surface area contributed by atoms with Crippen molar-refractivity contribution < 1.29 is 19.4 Å². The molecule has 0 spiro atoms. The van der Waals surface area contributed by atoms with E-state index < -0.39 is 6.10 Å². The molecule has 4 aliphatic rings. The zero-order chi connectivity index (χ0) is 18.4. The lowest BCUT2D eigenvalue weighted by Gasteiger charge is -2.30. The van der Waals surface area contributed by atoms with Crippen molar-refractivity contribution in [3.05, 3.63) is 12.2 Å². The van der Waals surface area contributed by atoms with E-state index in [9.17, 15) is 14.7 Å². The first-order valence-corrected chi connectivity index (χ1v) is 10.3. The highest BCUT2D eigenvalue weighted by molar-refractivity contribution is 5.85. The van der Waals surface area contributed by atoms with E-state index in [2.05, 4.69) is 11.9 Å². The summed E-state index contributed by atoms with van der Waals surface area (Å²) >= 11 is 0. The maximum absolute atomic E-state index is 12.6. The summed E-state index contributed by atoms with van der Waals surface area (Å²) < 4.78 is 5.82. The van der Waals surface area contributed by atoms with E-state index in [0.29, 0.717) is 25.4 Å². The molecular formula is C21H31NO4. The summed E-state index contributed by atoms with van der Waals surface area (Å²) in [6, 6.07) is 0.466. The number of hydrogen-bond donors (Lipinski definition) is 2. The van der Waals surface area contributed by atoms with Gasteiger partial charge in [0.2, 0.25) is 0 Å². The Labute approximate surface area is 155 Å². The topological polar surface area (TPSA) is 75.6 Å². The van der Waals surface area contributed by atoms with Crippen molar-refractivity contribution in [2.45, 2.75) is 70.1 Å². The van der Waals surface area contributed by atoms with Crippen LogP contribution in [0.5, 0.6) is 0 Å². The Morgan fingerprint density at radius 3 is 2.62 bits per heavy atom. The molecule has 0 aromatic carbocycles. The SMILES string of the molecule is C=C1CC(O)C2C(CNC3CCCCC3)C(=O)O[C@@H]2[C@H]2[C@H](C)C(=O)C[C@@H]12. The van der Waals surface area contributed by atoms with E-state index in [1.54, 1.807) is 0 Å². The van der Waals surface area contributed by atoms with Gasteiger partial charge in [0.15, 0.2) is 0 Å². The van der Waals surface area contributed by atoms with E-state index in [4.69, 9.17) is 4.74 Å². The first-order valence-electron chi connectivity index (χ1n) is 10.3. The predicted molar refractivity (Wildman–Crippen MR) is 97.3 cm³/mol. The Morgan fingerprint density at radius 1 is 1.15 bits per heavy atom. The second kappa shape index (κ2) is 7.08. The van der Waals surface area contributed by atoms with Gasteiger partial charge in [-0.2, -0.15) is 0 Å². The summed E-state index contributed by atoms with van der Waals surface area (Å²) in [7, 11) is 0. The van der Waals surface area contributed by atoms with Gasteiger partial charge in [0.05, 0.1) is 12.0 Å². The van der Waals surface area contributed by atoms with E-state index in [1.807, 2.05) is 6.92 Å². The third-order valence-electron chi connectivity index (χ3n) is 7.42. The third-order valence-corrected chi connectivity index (χ3v) is 7.42. The van der Waals surface area contributed by atoms with Crippen LogP contribution in [0.3, 0.4) is 0 Å². The molecule has 4 rings (SSSR count). The Bertz CT molecular complexity index is 597. The number of ether oxygens (including phenoxy) is 1. The number of rotatable bonds is 3. The van der Waals surface area contributed by atoms with Crippen molar-refractivity contribution in [2.24, 2.45) is 29.6 Å². The molecule has 0 bridgehead atoms. The average molecular weight is 361 g/mol. The van der Waals surface area contributed by atoms with Gasteiger partial charge in [0, 0.05) is 36.8 Å². The van der Waals surface area contributed by atoms with Crippen LogP contribution in [-0.4, -0.2) is 41.7 Å². The van der Waals surface area contributed by atoms with Gasteiger partial charge < -0.3 is 15.2 Å². The van der Waals surface area contributed by atoms with Crippen LogP contribution in [0.4, 0.5) is 0 Å². The van der Waals surface area contributed by atoms with Crippen molar-refractivity contribution in [3.63, 3.8) is 0 Å². The van der Waals surface area contributed by atoms with Gasteiger partial charge >= 0.3 is 5.97 Å². The second-order valence-electron chi connectivity index (χ2n) is 8.90. The summed E-state index contributed by atoms with van der Waals surface area (Å²) in [6.45, 7) is 6.66. The lowest BCUT2D eigenvalue weighted by Crippen LogP contribution is -2.43. The average Bonchev–Trinajstić information content (AvgIpc) is 3.07. The zero-order valence-electron chi connectivity index (χ0n) is 15.7.